The lowest BCUT2D eigenvalue weighted by Crippen LogP contribution is -2.48. The maximum Gasteiger partial charge on any atom is 0.247 e. The number of aromatic nitrogens is 1. The Kier molecular flexibility index (Phi) is 7.81. The third-order valence-corrected chi connectivity index (χ3v) is 9.18. The van der Waals surface area contributed by atoms with Gasteiger partial charge in [-0.25, -0.2) is 13.4 Å². The van der Waals surface area contributed by atoms with Gasteiger partial charge in [0.1, 0.15) is 6.04 Å². The Hall–Kier alpha value is -1.75. The molecule has 0 spiro atoms. The lowest BCUT2D eigenvalue weighted by Gasteiger charge is -2.29. The van der Waals surface area contributed by atoms with Crippen LogP contribution in [0.4, 0.5) is 5.13 Å². The molecule has 0 bridgehead atoms. The molecule has 1 atom stereocenters. The van der Waals surface area contributed by atoms with E-state index in [9.17, 15) is 13.2 Å². The molecule has 0 N–H and O–H groups in total. The van der Waals surface area contributed by atoms with E-state index in [-0.39, 0.29) is 10.8 Å². The number of hydrogen-bond donors (Lipinski definition) is 0. The minimum Gasteiger partial charge on any atom is -0.309 e. The second-order valence-corrected chi connectivity index (χ2v) is 12.3. The highest BCUT2D eigenvalue weighted by Crippen LogP contribution is 2.34. The topological polar surface area (TPSA) is 73.8 Å². The number of fused-ring (bicyclic) bond motifs is 1. The van der Waals surface area contributed by atoms with Crippen LogP contribution in [-0.2, 0) is 14.8 Å². The van der Waals surface area contributed by atoms with Crippen molar-refractivity contribution in [2.45, 2.75) is 30.2 Å². The van der Waals surface area contributed by atoms with E-state index in [0.717, 1.165) is 23.2 Å². The quantitative estimate of drug-likeness (QED) is 0.412. The maximum atomic E-state index is 13.8. The molecule has 1 aromatic heterocycles. The second kappa shape index (κ2) is 10.5. The number of rotatable bonds is 8. The summed E-state index contributed by atoms with van der Waals surface area (Å²) in [4.78, 5) is 22.3. The normalized spacial score (nSPS) is 17.0. The lowest BCUT2D eigenvalue weighted by atomic mass is 10.2. The van der Waals surface area contributed by atoms with Gasteiger partial charge in [0.25, 0.3) is 0 Å². The van der Waals surface area contributed by atoms with Crippen LogP contribution in [0.2, 0.25) is 10.0 Å². The van der Waals surface area contributed by atoms with Crippen molar-refractivity contribution >= 4 is 65.8 Å². The number of benzene rings is 2. The Morgan fingerprint density at radius 3 is 2.53 bits per heavy atom. The van der Waals surface area contributed by atoms with E-state index in [1.165, 1.54) is 27.8 Å². The molecule has 3 aromatic rings. The van der Waals surface area contributed by atoms with E-state index in [1.54, 1.807) is 23.1 Å². The predicted molar refractivity (Wildman–Crippen MR) is 139 cm³/mol. The third-order valence-electron chi connectivity index (χ3n) is 5.73. The van der Waals surface area contributed by atoms with E-state index in [4.69, 9.17) is 23.2 Å². The molecule has 1 amide bonds. The molecular weight excluding hydrogens is 515 g/mol. The summed E-state index contributed by atoms with van der Waals surface area (Å²) in [5, 5.41) is 1.61. The van der Waals surface area contributed by atoms with Gasteiger partial charge in [0, 0.05) is 23.1 Å². The number of thiazole rings is 1. The van der Waals surface area contributed by atoms with Crippen LogP contribution in [-0.4, -0.2) is 68.3 Å². The van der Waals surface area contributed by atoms with Gasteiger partial charge in [0.05, 0.1) is 15.1 Å². The molecule has 2 heterocycles. The highest BCUT2D eigenvalue weighted by Gasteiger charge is 2.42. The summed E-state index contributed by atoms with van der Waals surface area (Å²) in [5.41, 5.74) is 0.756. The van der Waals surface area contributed by atoms with Gasteiger partial charge in [0.15, 0.2) is 5.13 Å². The van der Waals surface area contributed by atoms with Crippen molar-refractivity contribution in [2.24, 2.45) is 0 Å². The Morgan fingerprint density at radius 1 is 1.12 bits per heavy atom. The minimum atomic E-state index is -3.85. The van der Waals surface area contributed by atoms with Crippen LogP contribution in [0.15, 0.2) is 47.4 Å². The van der Waals surface area contributed by atoms with Gasteiger partial charge in [0.2, 0.25) is 15.9 Å². The summed E-state index contributed by atoms with van der Waals surface area (Å²) < 4.78 is 29.0. The number of nitrogens with zero attached hydrogens (tertiary/aromatic N) is 4. The van der Waals surface area contributed by atoms with Crippen LogP contribution in [0, 0.1) is 0 Å². The van der Waals surface area contributed by atoms with Gasteiger partial charge in [-0.15, -0.1) is 0 Å². The van der Waals surface area contributed by atoms with Crippen LogP contribution < -0.4 is 4.90 Å². The molecule has 1 unspecified atom stereocenters. The first-order valence-corrected chi connectivity index (χ1v) is 14.0. The molecule has 11 heteroatoms. The minimum absolute atomic E-state index is 0.130. The number of carbonyl (C=O) groups is 1. The van der Waals surface area contributed by atoms with Crippen molar-refractivity contribution in [1.29, 1.82) is 0 Å². The Bertz CT molecular complexity index is 1280. The summed E-state index contributed by atoms with van der Waals surface area (Å²) >= 11 is 13.5. The fraction of sp³-hybridized carbons (Fsp3) is 0.391. The number of anilines is 1. The molecule has 1 saturated heterocycles. The first-order chi connectivity index (χ1) is 16.2. The van der Waals surface area contributed by atoms with Crippen molar-refractivity contribution in [3.63, 3.8) is 0 Å². The number of hydrogen-bond acceptors (Lipinski definition) is 6. The van der Waals surface area contributed by atoms with Gasteiger partial charge >= 0.3 is 0 Å². The average molecular weight is 542 g/mol. The number of amides is 1. The summed E-state index contributed by atoms with van der Waals surface area (Å²) in [6, 6.07) is 10.7. The number of sulfonamides is 1. The third kappa shape index (κ3) is 5.40. The van der Waals surface area contributed by atoms with Gasteiger partial charge < -0.3 is 4.90 Å². The van der Waals surface area contributed by atoms with Crippen molar-refractivity contribution in [3.05, 3.63) is 52.5 Å². The van der Waals surface area contributed by atoms with E-state index >= 15 is 0 Å². The first-order valence-electron chi connectivity index (χ1n) is 11.0. The fourth-order valence-electron chi connectivity index (χ4n) is 4.04. The molecule has 34 heavy (non-hydrogen) atoms. The van der Waals surface area contributed by atoms with Gasteiger partial charge in [-0.1, -0.05) is 34.5 Å². The molecule has 1 aliphatic rings. The zero-order chi connectivity index (χ0) is 24.5. The smallest absolute Gasteiger partial charge is 0.247 e. The van der Waals surface area contributed by atoms with Gasteiger partial charge in [-0.05, 0) is 82.4 Å². The lowest BCUT2D eigenvalue weighted by molar-refractivity contribution is -0.121. The Balaban J connectivity index is 1.65. The molecule has 0 aliphatic carbocycles. The summed E-state index contributed by atoms with van der Waals surface area (Å²) in [5.74, 6) is -0.251. The van der Waals surface area contributed by atoms with Crippen molar-refractivity contribution < 1.29 is 13.2 Å². The second-order valence-electron chi connectivity index (χ2n) is 8.48. The van der Waals surface area contributed by atoms with Gasteiger partial charge in [-0.3, -0.25) is 9.69 Å². The van der Waals surface area contributed by atoms with Crippen LogP contribution in [0.1, 0.15) is 19.3 Å². The SMILES string of the molecule is CN(C)CCCN(C(=O)C1CCCN1S(=O)(=O)c1ccc(Cl)cc1)c1nc2ccc(Cl)cc2s1. The highest BCUT2D eigenvalue weighted by molar-refractivity contribution is 7.89. The predicted octanol–water partition coefficient (Wildman–Crippen LogP) is 4.74. The van der Waals surface area contributed by atoms with E-state index in [0.29, 0.717) is 41.1 Å². The average Bonchev–Trinajstić information content (AvgIpc) is 3.44. The molecule has 4 rings (SSSR count). The molecule has 182 valence electrons. The van der Waals surface area contributed by atoms with E-state index in [1.807, 2.05) is 31.1 Å². The monoisotopic (exact) mass is 540 g/mol. The maximum absolute atomic E-state index is 13.8. The number of halogens is 2. The zero-order valence-electron chi connectivity index (χ0n) is 18.9. The largest absolute Gasteiger partial charge is 0.309 e. The molecule has 0 saturated carbocycles. The molecular formula is C23H26Cl2N4O3S2. The Labute approximate surface area is 213 Å². The molecule has 2 aromatic carbocycles. The molecule has 1 aliphatic heterocycles. The standard InChI is InChI=1S/C23H26Cl2N4O3S2/c1-27(2)12-4-13-28(23-26-19-11-8-17(25)15-21(19)33-23)22(30)20-5-3-14-29(20)34(31,32)18-9-6-16(24)7-10-18/h6-11,15,20H,3-5,12-14H2,1-2H3. The molecule has 1 fully saturated rings. The van der Waals surface area contributed by atoms with Crippen LogP contribution in [0.25, 0.3) is 10.2 Å². The van der Waals surface area contributed by atoms with E-state index in [2.05, 4.69) is 4.98 Å². The first kappa shape index (κ1) is 25.3. The molecule has 0 radical (unpaired) electrons. The van der Waals surface area contributed by atoms with Crippen molar-refractivity contribution in [1.82, 2.24) is 14.2 Å². The summed E-state index contributed by atoms with van der Waals surface area (Å²) in [6.45, 7) is 1.52. The highest BCUT2D eigenvalue weighted by atomic mass is 35.5. The van der Waals surface area contributed by atoms with Crippen molar-refractivity contribution in [2.75, 3.05) is 38.6 Å². The van der Waals surface area contributed by atoms with Crippen molar-refractivity contribution in [3.8, 4) is 0 Å². The summed E-state index contributed by atoms with van der Waals surface area (Å²) in [6.07, 6.45) is 1.81. The van der Waals surface area contributed by atoms with Gasteiger partial charge in [-0.2, -0.15) is 4.31 Å². The van der Waals surface area contributed by atoms with E-state index < -0.39 is 16.1 Å². The zero-order valence-corrected chi connectivity index (χ0v) is 22.1. The summed E-state index contributed by atoms with van der Waals surface area (Å²) in [7, 11) is 0.106. The Morgan fingerprint density at radius 2 is 1.82 bits per heavy atom. The molecule has 7 nitrogen and oxygen atoms in total. The number of carbonyl (C=O) groups excluding carboxylic acids is 1. The van der Waals surface area contributed by atoms with Crippen LogP contribution in [0.3, 0.4) is 0 Å². The van der Waals surface area contributed by atoms with Crippen LogP contribution >= 0.6 is 34.5 Å². The van der Waals surface area contributed by atoms with Crippen LogP contribution in [0.5, 0.6) is 0 Å². The fourth-order valence-corrected chi connectivity index (χ4v) is 7.09.